The highest BCUT2D eigenvalue weighted by molar-refractivity contribution is 6.27. The number of hydrogen-bond donors (Lipinski definition) is 0. The molecule has 0 unspecified atom stereocenters. The Kier molecular flexibility index (Phi) is 2.22. The van der Waals surface area contributed by atoms with E-state index in [2.05, 4.69) is 9.97 Å². The van der Waals surface area contributed by atoms with E-state index in [0.29, 0.717) is 0 Å². The van der Waals surface area contributed by atoms with E-state index < -0.39 is 0 Å². The first-order chi connectivity index (χ1) is 4.43. The van der Waals surface area contributed by atoms with Gasteiger partial charge in [-0.3, -0.25) is 0 Å². The molecule has 0 spiro atoms. The highest BCUT2D eigenvalue weighted by Gasteiger charge is 1.80. The molecule has 2 nitrogen and oxygen atoms in total. The van der Waals surface area contributed by atoms with E-state index >= 15 is 0 Å². The fraction of sp³-hybridized carbons (Fsp3) is 0. The maximum atomic E-state index is 5.30. The zero-order valence-electron chi connectivity index (χ0n) is 4.66. The van der Waals surface area contributed by atoms with E-state index in [0.717, 1.165) is 5.69 Å². The number of halogens is 1. The van der Waals surface area contributed by atoms with Crippen LogP contribution in [-0.2, 0) is 0 Å². The van der Waals surface area contributed by atoms with Crippen molar-refractivity contribution in [2.75, 3.05) is 0 Å². The molecule has 46 valence electrons. The summed E-state index contributed by atoms with van der Waals surface area (Å²) < 4.78 is 0. The zero-order valence-corrected chi connectivity index (χ0v) is 5.42. The van der Waals surface area contributed by atoms with Crippen molar-refractivity contribution < 1.29 is 0 Å². The molecule has 0 saturated heterocycles. The fourth-order valence-corrected chi connectivity index (χ4v) is 0.593. The summed E-state index contributed by atoms with van der Waals surface area (Å²) in [7, 11) is 0. The third kappa shape index (κ3) is 1.82. The van der Waals surface area contributed by atoms with Crippen molar-refractivity contribution >= 4 is 17.7 Å². The van der Waals surface area contributed by atoms with Crippen LogP contribution < -0.4 is 0 Å². The van der Waals surface area contributed by atoms with Gasteiger partial charge in [-0.05, 0) is 12.1 Å². The predicted octanol–water partition coefficient (Wildman–Crippen LogP) is 1.69. The van der Waals surface area contributed by atoms with Gasteiger partial charge in [-0.2, -0.15) is 0 Å². The Morgan fingerprint density at radius 1 is 1.56 bits per heavy atom. The normalized spacial score (nSPS) is 10.3. The van der Waals surface area contributed by atoms with Crippen LogP contribution in [0.25, 0.3) is 6.08 Å². The summed E-state index contributed by atoms with van der Waals surface area (Å²) in [5.41, 5.74) is 2.24. The van der Waals surface area contributed by atoms with Gasteiger partial charge in [0.1, 0.15) is 6.33 Å². The van der Waals surface area contributed by atoms with Crippen LogP contribution in [0.4, 0.5) is 0 Å². The van der Waals surface area contributed by atoms with Gasteiger partial charge in [0.15, 0.2) is 0 Å². The van der Waals surface area contributed by atoms with Gasteiger partial charge in [-0.15, -0.1) is 0 Å². The molecule has 1 aromatic rings. The molecule has 0 bridgehead atoms. The summed E-state index contributed by atoms with van der Waals surface area (Å²) in [4.78, 5) is 7.63. The van der Waals surface area contributed by atoms with Gasteiger partial charge in [0, 0.05) is 11.7 Å². The molecule has 0 aliphatic carbocycles. The van der Waals surface area contributed by atoms with Gasteiger partial charge >= 0.3 is 0 Å². The van der Waals surface area contributed by atoms with Crippen LogP contribution in [0.3, 0.4) is 0 Å². The Morgan fingerprint density at radius 2 is 2.44 bits per heavy atom. The van der Waals surface area contributed by atoms with E-state index in [9.17, 15) is 0 Å². The first-order valence-corrected chi connectivity index (χ1v) is 2.90. The van der Waals surface area contributed by atoms with Crippen molar-refractivity contribution in [3.63, 3.8) is 0 Å². The molecule has 1 aromatic heterocycles. The molecule has 0 atom stereocenters. The molecule has 0 fully saturated rings. The van der Waals surface area contributed by atoms with Crippen molar-refractivity contribution in [1.82, 2.24) is 9.97 Å². The van der Waals surface area contributed by atoms with E-state index in [1.165, 1.54) is 11.9 Å². The summed E-state index contributed by atoms with van der Waals surface area (Å²) >= 11 is 5.30. The third-order valence-corrected chi connectivity index (χ3v) is 0.965. The van der Waals surface area contributed by atoms with Crippen LogP contribution in [0.1, 0.15) is 5.69 Å². The summed E-state index contributed by atoms with van der Waals surface area (Å²) in [6, 6.07) is 1.78. The number of nitrogens with zero attached hydrogens (tertiary/aromatic N) is 2. The summed E-state index contributed by atoms with van der Waals surface area (Å²) in [6.45, 7) is 0. The van der Waals surface area contributed by atoms with Gasteiger partial charge in [-0.1, -0.05) is 11.6 Å². The fourth-order valence-electron chi connectivity index (χ4n) is 0.464. The van der Waals surface area contributed by atoms with Crippen LogP contribution in [0, 0.1) is 0 Å². The lowest BCUT2D eigenvalue weighted by Gasteiger charge is -1.84. The van der Waals surface area contributed by atoms with Crippen LogP contribution >= 0.6 is 11.6 Å². The largest absolute Gasteiger partial charge is 0.245 e. The van der Waals surface area contributed by atoms with Gasteiger partial charge in [0.2, 0.25) is 0 Å². The van der Waals surface area contributed by atoms with Gasteiger partial charge in [0.05, 0.1) is 5.69 Å². The summed E-state index contributed by atoms with van der Waals surface area (Å²) in [5.74, 6) is 0. The van der Waals surface area contributed by atoms with Gasteiger partial charge in [-0.25, -0.2) is 9.97 Å². The molecule has 0 saturated carbocycles. The Labute approximate surface area is 58.2 Å². The highest BCUT2D eigenvalue weighted by Crippen LogP contribution is 1.94. The van der Waals surface area contributed by atoms with Crippen molar-refractivity contribution in [2.24, 2.45) is 0 Å². The molecule has 0 aromatic carbocycles. The lowest BCUT2D eigenvalue weighted by Crippen LogP contribution is -1.78. The minimum Gasteiger partial charge on any atom is -0.245 e. The van der Waals surface area contributed by atoms with E-state index in [4.69, 9.17) is 11.6 Å². The summed E-state index contributed by atoms with van der Waals surface area (Å²) in [5, 5.41) is 0. The van der Waals surface area contributed by atoms with Crippen LogP contribution in [0.2, 0.25) is 0 Å². The monoisotopic (exact) mass is 140 g/mol. The minimum absolute atomic E-state index is 0.819. The lowest BCUT2D eigenvalue weighted by atomic mass is 10.4. The predicted molar refractivity (Wildman–Crippen MR) is 36.9 cm³/mol. The van der Waals surface area contributed by atoms with Gasteiger partial charge in [0.25, 0.3) is 0 Å². The minimum atomic E-state index is 0.819. The molecule has 0 amide bonds. The lowest BCUT2D eigenvalue weighted by molar-refractivity contribution is 1.15. The Morgan fingerprint density at radius 3 is 3.00 bits per heavy atom. The van der Waals surface area contributed by atoms with Crippen LogP contribution in [0.5, 0.6) is 0 Å². The first kappa shape index (κ1) is 6.23. The average Bonchev–Trinajstić information content (AvgIpc) is 1.91. The second-order valence-corrected chi connectivity index (χ2v) is 1.68. The molecule has 0 radical (unpaired) electrons. The maximum absolute atomic E-state index is 5.30. The van der Waals surface area contributed by atoms with Crippen molar-refractivity contribution in [3.8, 4) is 0 Å². The average molecular weight is 141 g/mol. The number of hydrogen-bond acceptors (Lipinski definition) is 2. The maximum Gasteiger partial charge on any atom is 0.115 e. The number of rotatable bonds is 1. The molecule has 3 heteroatoms. The summed E-state index contributed by atoms with van der Waals surface area (Å²) in [6.07, 6.45) is 4.84. The molecule has 9 heavy (non-hydrogen) atoms. The van der Waals surface area contributed by atoms with E-state index in [1.54, 1.807) is 18.3 Å². The molecule has 0 aliphatic rings. The topological polar surface area (TPSA) is 25.8 Å². The highest BCUT2D eigenvalue weighted by atomic mass is 35.5. The first-order valence-electron chi connectivity index (χ1n) is 2.46. The molecular formula is C6H5ClN2. The smallest absolute Gasteiger partial charge is 0.115 e. The SMILES string of the molecule is ClC=Cc1ccncn1. The molecular weight excluding hydrogens is 136 g/mol. The van der Waals surface area contributed by atoms with Crippen LogP contribution in [0.15, 0.2) is 24.1 Å². The third-order valence-electron chi connectivity index (χ3n) is 0.839. The van der Waals surface area contributed by atoms with Crippen molar-refractivity contribution in [1.29, 1.82) is 0 Å². The van der Waals surface area contributed by atoms with E-state index in [-0.39, 0.29) is 0 Å². The van der Waals surface area contributed by atoms with Crippen molar-refractivity contribution in [2.45, 2.75) is 0 Å². The second-order valence-electron chi connectivity index (χ2n) is 1.43. The Balaban J connectivity index is 2.85. The second kappa shape index (κ2) is 3.20. The molecule has 1 heterocycles. The Hall–Kier alpha value is -0.890. The van der Waals surface area contributed by atoms with Crippen LogP contribution in [-0.4, -0.2) is 9.97 Å². The van der Waals surface area contributed by atoms with Gasteiger partial charge < -0.3 is 0 Å². The molecule has 0 N–H and O–H groups in total. The zero-order chi connectivity index (χ0) is 6.53. The van der Waals surface area contributed by atoms with Crippen molar-refractivity contribution in [3.05, 3.63) is 29.8 Å². The number of aromatic nitrogens is 2. The molecule has 0 aliphatic heterocycles. The molecule has 1 rings (SSSR count). The standard InChI is InChI=1S/C6H5ClN2/c7-3-1-6-2-4-8-5-9-6/h1-5H. The quantitative estimate of drug-likeness (QED) is 0.593. The van der Waals surface area contributed by atoms with E-state index in [1.807, 2.05) is 0 Å². The Bertz CT molecular complexity index is 195.